The topological polar surface area (TPSA) is 59.9 Å². The maximum absolute atomic E-state index is 12.9. The first-order chi connectivity index (χ1) is 12.7. The van der Waals surface area contributed by atoms with Gasteiger partial charge in [-0.05, 0) is 29.3 Å². The monoisotopic (exact) mass is 354 g/mol. The molecular weight excluding hydrogens is 335 g/mol. The summed E-state index contributed by atoms with van der Waals surface area (Å²) in [5.41, 5.74) is 2.92. The molecule has 2 aliphatic rings. The minimum absolute atomic E-state index is 0.142. The first kappa shape index (κ1) is 16.6. The molecule has 0 saturated heterocycles. The number of carbonyl (C=O) groups excluding carboxylic acids is 1. The predicted molar refractivity (Wildman–Crippen MR) is 94.6 cm³/mol. The Kier molecular flexibility index (Phi) is 4.56. The molecule has 2 aromatic rings. The molecule has 1 N–H and O–H groups in total. The van der Waals surface area contributed by atoms with Crippen molar-refractivity contribution < 1.29 is 18.8 Å². The number of benzene rings is 2. The number of halogens is 1. The first-order valence-electron chi connectivity index (χ1n) is 8.65. The molecule has 0 unspecified atom stereocenters. The number of rotatable bonds is 5. The van der Waals surface area contributed by atoms with E-state index < -0.39 is 6.10 Å². The van der Waals surface area contributed by atoms with Gasteiger partial charge in [0.25, 0.3) is 5.91 Å². The van der Waals surface area contributed by atoms with E-state index in [1.807, 2.05) is 24.3 Å². The van der Waals surface area contributed by atoms with Crippen molar-refractivity contribution in [2.75, 3.05) is 6.54 Å². The summed E-state index contributed by atoms with van der Waals surface area (Å²) in [4.78, 5) is 17.7. The van der Waals surface area contributed by atoms with Gasteiger partial charge in [0.1, 0.15) is 17.7 Å². The van der Waals surface area contributed by atoms with Crippen molar-refractivity contribution in [1.29, 1.82) is 0 Å². The number of fused-ring (bicyclic) bond motifs is 1. The van der Waals surface area contributed by atoms with Gasteiger partial charge in [-0.25, -0.2) is 4.39 Å². The molecule has 0 aliphatic carbocycles. The predicted octanol–water partition coefficient (Wildman–Crippen LogP) is 2.63. The average Bonchev–Trinajstić information content (AvgIpc) is 3.28. The number of para-hydroxylation sites is 1. The van der Waals surface area contributed by atoms with Gasteiger partial charge in [-0.2, -0.15) is 0 Å². The molecule has 2 aromatic carbocycles. The van der Waals surface area contributed by atoms with E-state index in [0.717, 1.165) is 22.6 Å². The highest BCUT2D eigenvalue weighted by Gasteiger charge is 2.30. The second kappa shape index (κ2) is 7.15. The van der Waals surface area contributed by atoms with E-state index in [-0.39, 0.29) is 17.8 Å². The fraction of sp³-hybridized carbons (Fsp3) is 0.300. The molecule has 0 aromatic heterocycles. The maximum Gasteiger partial charge on any atom is 0.261 e. The molecule has 134 valence electrons. The smallest absolute Gasteiger partial charge is 0.261 e. The Morgan fingerprint density at radius 2 is 1.96 bits per heavy atom. The summed E-state index contributed by atoms with van der Waals surface area (Å²) in [6.45, 7) is 0.380. The van der Waals surface area contributed by atoms with Crippen molar-refractivity contribution >= 4 is 11.6 Å². The second-order valence-electron chi connectivity index (χ2n) is 6.56. The third kappa shape index (κ3) is 3.69. The first-order valence-corrected chi connectivity index (χ1v) is 8.65. The van der Waals surface area contributed by atoms with Gasteiger partial charge in [-0.3, -0.25) is 4.79 Å². The highest BCUT2D eigenvalue weighted by atomic mass is 19.1. The Labute approximate surface area is 150 Å². The number of ether oxygens (including phenoxy) is 1. The fourth-order valence-electron chi connectivity index (χ4n) is 3.19. The highest BCUT2D eigenvalue weighted by Crippen LogP contribution is 2.28. The second-order valence-corrected chi connectivity index (χ2v) is 6.56. The van der Waals surface area contributed by atoms with Crippen molar-refractivity contribution in [2.24, 2.45) is 5.16 Å². The van der Waals surface area contributed by atoms with Crippen molar-refractivity contribution in [3.63, 3.8) is 0 Å². The number of hydrogen-bond donors (Lipinski definition) is 1. The zero-order chi connectivity index (χ0) is 17.9. The summed E-state index contributed by atoms with van der Waals surface area (Å²) in [6, 6.07) is 14.0. The van der Waals surface area contributed by atoms with E-state index in [1.54, 1.807) is 12.1 Å². The molecule has 0 bridgehead atoms. The third-order valence-electron chi connectivity index (χ3n) is 4.56. The molecule has 1 amide bonds. The van der Waals surface area contributed by atoms with E-state index >= 15 is 0 Å². The van der Waals surface area contributed by atoms with Crippen LogP contribution in [0.1, 0.15) is 17.5 Å². The van der Waals surface area contributed by atoms with E-state index in [2.05, 4.69) is 10.5 Å². The van der Waals surface area contributed by atoms with Crippen LogP contribution in [0, 0.1) is 5.82 Å². The molecule has 2 heterocycles. The minimum atomic E-state index is -0.492. The van der Waals surface area contributed by atoms with Crippen LogP contribution in [0.3, 0.4) is 0 Å². The van der Waals surface area contributed by atoms with Crippen LogP contribution in [-0.4, -0.2) is 30.4 Å². The summed E-state index contributed by atoms with van der Waals surface area (Å²) in [7, 11) is 0. The van der Waals surface area contributed by atoms with Crippen molar-refractivity contribution in [1.82, 2.24) is 5.32 Å². The van der Waals surface area contributed by atoms with Crippen LogP contribution in [0.5, 0.6) is 5.75 Å². The van der Waals surface area contributed by atoms with Crippen molar-refractivity contribution in [2.45, 2.75) is 31.5 Å². The molecule has 0 radical (unpaired) electrons. The van der Waals surface area contributed by atoms with Crippen LogP contribution in [0.25, 0.3) is 0 Å². The summed E-state index contributed by atoms with van der Waals surface area (Å²) < 4.78 is 18.6. The van der Waals surface area contributed by atoms with Gasteiger partial charge in [0.2, 0.25) is 0 Å². The molecule has 5 nitrogen and oxygen atoms in total. The molecule has 2 atom stereocenters. The normalized spacial score (nSPS) is 20.7. The Morgan fingerprint density at radius 3 is 2.77 bits per heavy atom. The molecule has 26 heavy (non-hydrogen) atoms. The van der Waals surface area contributed by atoms with Gasteiger partial charge in [-0.15, -0.1) is 0 Å². The SMILES string of the molecule is O=C(NC[C@H]1CC(Cc2ccc(F)cc2)=NO1)[C@@H]1Cc2ccccc2O1. The molecular formula is C20H19FN2O3. The summed E-state index contributed by atoms with van der Waals surface area (Å²) >= 11 is 0. The number of nitrogens with zero attached hydrogens (tertiary/aromatic N) is 1. The lowest BCUT2D eigenvalue weighted by atomic mass is 10.0. The van der Waals surface area contributed by atoms with Crippen molar-refractivity contribution in [3.8, 4) is 5.75 Å². The number of nitrogens with one attached hydrogen (secondary N) is 1. The van der Waals surface area contributed by atoms with E-state index in [1.165, 1.54) is 12.1 Å². The van der Waals surface area contributed by atoms with Crippen LogP contribution in [-0.2, 0) is 22.5 Å². The van der Waals surface area contributed by atoms with Gasteiger partial charge < -0.3 is 14.9 Å². The lowest BCUT2D eigenvalue weighted by Gasteiger charge is -2.13. The lowest BCUT2D eigenvalue weighted by molar-refractivity contribution is -0.127. The Morgan fingerprint density at radius 1 is 1.15 bits per heavy atom. The van der Waals surface area contributed by atoms with Crippen LogP contribution < -0.4 is 10.1 Å². The average molecular weight is 354 g/mol. The standard InChI is InChI=1S/C20H19FN2O3/c21-15-7-5-13(6-8-15)9-16-11-17(26-23-16)12-22-20(24)19-10-14-3-1-2-4-18(14)25-19/h1-8,17,19H,9-12H2,(H,22,24)/t17-,19+/m1/s1. The van der Waals surface area contributed by atoms with Gasteiger partial charge >= 0.3 is 0 Å². The molecule has 0 spiro atoms. The molecule has 0 fully saturated rings. The third-order valence-corrected chi connectivity index (χ3v) is 4.56. The van der Waals surface area contributed by atoms with Crippen molar-refractivity contribution in [3.05, 3.63) is 65.5 Å². The van der Waals surface area contributed by atoms with Crippen LogP contribution >= 0.6 is 0 Å². The Bertz CT molecular complexity index is 810. The number of amides is 1. The summed E-state index contributed by atoms with van der Waals surface area (Å²) in [5.74, 6) is 0.377. The Balaban J connectivity index is 1.23. The lowest BCUT2D eigenvalue weighted by Crippen LogP contribution is -2.41. The molecule has 0 saturated carbocycles. The largest absolute Gasteiger partial charge is 0.480 e. The van der Waals surface area contributed by atoms with Gasteiger partial charge in [0, 0.05) is 19.3 Å². The fourth-order valence-corrected chi connectivity index (χ4v) is 3.19. The number of oxime groups is 1. The van der Waals surface area contributed by atoms with Gasteiger partial charge in [0.05, 0.1) is 12.3 Å². The number of carbonyl (C=O) groups is 1. The number of hydrogen-bond acceptors (Lipinski definition) is 4. The zero-order valence-corrected chi connectivity index (χ0v) is 14.2. The van der Waals surface area contributed by atoms with Crippen LogP contribution in [0.4, 0.5) is 4.39 Å². The summed E-state index contributed by atoms with van der Waals surface area (Å²) in [6.07, 6.45) is 1.17. The van der Waals surface area contributed by atoms with E-state index in [9.17, 15) is 9.18 Å². The minimum Gasteiger partial charge on any atom is -0.480 e. The van der Waals surface area contributed by atoms with Crippen LogP contribution in [0.2, 0.25) is 0 Å². The quantitative estimate of drug-likeness (QED) is 0.898. The van der Waals surface area contributed by atoms with E-state index in [0.29, 0.717) is 25.8 Å². The zero-order valence-electron chi connectivity index (χ0n) is 14.2. The maximum atomic E-state index is 12.9. The highest BCUT2D eigenvalue weighted by molar-refractivity contribution is 5.87. The Hall–Kier alpha value is -2.89. The van der Waals surface area contributed by atoms with Gasteiger partial charge in [-0.1, -0.05) is 35.5 Å². The summed E-state index contributed by atoms with van der Waals surface area (Å²) in [5, 5.41) is 6.96. The van der Waals surface area contributed by atoms with Crippen LogP contribution in [0.15, 0.2) is 53.7 Å². The van der Waals surface area contributed by atoms with Gasteiger partial charge in [0.15, 0.2) is 6.10 Å². The molecule has 4 rings (SSSR count). The molecule has 6 heteroatoms. The molecule has 2 aliphatic heterocycles. The van der Waals surface area contributed by atoms with E-state index in [4.69, 9.17) is 9.57 Å².